The molecule has 1 N–H and O–H groups in total. The van der Waals surface area contributed by atoms with Gasteiger partial charge < -0.3 is 4.90 Å². The fourth-order valence-corrected chi connectivity index (χ4v) is 4.91. The maximum Gasteiger partial charge on any atom is 0.254 e. The predicted molar refractivity (Wildman–Crippen MR) is 118 cm³/mol. The first kappa shape index (κ1) is 24.1. The number of carbonyl (C=O) groups excluding carboxylic acids is 1. The number of nitrogens with one attached hydrogen (secondary N) is 1. The molecule has 0 unspecified atom stereocenters. The summed E-state index contributed by atoms with van der Waals surface area (Å²) in [5, 5.41) is 0. The maximum absolute atomic E-state index is 14.0. The second-order valence-corrected chi connectivity index (χ2v) is 9.77. The first-order chi connectivity index (χ1) is 15.1. The highest BCUT2D eigenvalue weighted by Crippen LogP contribution is 2.21. The van der Waals surface area contributed by atoms with Crippen molar-refractivity contribution in [1.29, 1.82) is 0 Å². The number of benzene rings is 2. The summed E-state index contributed by atoms with van der Waals surface area (Å²) >= 11 is 0. The lowest BCUT2D eigenvalue weighted by molar-refractivity contribution is 0.0471. The lowest BCUT2D eigenvalue weighted by Gasteiger charge is -2.40. The average molecular weight is 472 g/mol. The third-order valence-electron chi connectivity index (χ3n) is 5.34. The van der Waals surface area contributed by atoms with E-state index in [4.69, 9.17) is 0 Å². The first-order valence-electron chi connectivity index (χ1n) is 10.4. The first-order valence-corrected chi connectivity index (χ1v) is 12.0. The molecule has 6 nitrogen and oxygen atoms in total. The van der Waals surface area contributed by atoms with E-state index in [1.54, 1.807) is 36.1 Å². The summed E-state index contributed by atoms with van der Waals surface area (Å²) in [5.74, 6) is -3.01. The molecular weight excluding hydrogens is 443 g/mol. The van der Waals surface area contributed by atoms with Crippen LogP contribution in [0.4, 0.5) is 18.9 Å². The van der Waals surface area contributed by atoms with Crippen LogP contribution < -0.4 is 4.72 Å². The van der Waals surface area contributed by atoms with Crippen molar-refractivity contribution in [2.75, 3.05) is 30.1 Å². The van der Waals surface area contributed by atoms with Crippen LogP contribution in [-0.4, -0.2) is 55.6 Å². The zero-order valence-corrected chi connectivity index (χ0v) is 18.8. The number of nitrogens with zero attached hydrogens (tertiary/aromatic N) is 2. The van der Waals surface area contributed by atoms with Crippen molar-refractivity contribution < 1.29 is 27.8 Å². The van der Waals surface area contributed by atoms with Crippen LogP contribution in [0.25, 0.3) is 0 Å². The molecule has 0 bridgehead atoms. The fourth-order valence-electron chi connectivity index (χ4n) is 3.77. The van der Waals surface area contributed by atoms with E-state index in [9.17, 15) is 26.4 Å². The van der Waals surface area contributed by atoms with Crippen LogP contribution in [0.15, 0.2) is 36.4 Å². The Morgan fingerprint density at radius 2 is 1.75 bits per heavy atom. The Kier molecular flexibility index (Phi) is 7.45. The van der Waals surface area contributed by atoms with Gasteiger partial charge in [-0.15, -0.1) is 0 Å². The molecule has 0 aromatic heterocycles. The normalized spacial score (nSPS) is 17.4. The van der Waals surface area contributed by atoms with E-state index in [0.717, 1.165) is 0 Å². The van der Waals surface area contributed by atoms with Gasteiger partial charge in [0.1, 0.15) is 17.5 Å². The molecule has 176 valence electrons. The van der Waals surface area contributed by atoms with Gasteiger partial charge in [0.05, 0.1) is 5.75 Å². The van der Waals surface area contributed by atoms with Gasteiger partial charge in [0, 0.05) is 62.6 Å². The molecule has 0 radical (unpaired) electrons. The van der Waals surface area contributed by atoms with E-state index in [-0.39, 0.29) is 31.2 Å². The molecule has 2 aromatic rings. The zero-order valence-electron chi connectivity index (χ0n) is 17.9. The van der Waals surface area contributed by atoms with Gasteiger partial charge in [-0.2, -0.15) is 0 Å². The van der Waals surface area contributed by atoms with E-state index in [1.165, 1.54) is 0 Å². The predicted octanol–water partition coefficient (Wildman–Crippen LogP) is 3.85. The Balaban J connectivity index is 0.00000385. The molecule has 1 atom stereocenters. The van der Waals surface area contributed by atoms with Crippen LogP contribution in [0, 0.1) is 17.5 Å². The van der Waals surface area contributed by atoms with E-state index in [0.29, 0.717) is 49.4 Å². The van der Waals surface area contributed by atoms with Crippen LogP contribution in [-0.2, 0) is 16.6 Å². The van der Waals surface area contributed by atoms with Crippen molar-refractivity contribution in [3.05, 3.63) is 65.0 Å². The quantitative estimate of drug-likeness (QED) is 0.666. The molecule has 1 amide bonds. The van der Waals surface area contributed by atoms with Crippen molar-refractivity contribution in [2.24, 2.45) is 0 Å². The maximum atomic E-state index is 14.0. The number of amides is 1. The molecule has 32 heavy (non-hydrogen) atoms. The Morgan fingerprint density at radius 3 is 2.31 bits per heavy atom. The van der Waals surface area contributed by atoms with E-state index in [2.05, 4.69) is 4.72 Å². The summed E-state index contributed by atoms with van der Waals surface area (Å²) in [6, 6.07) is 7.32. The van der Waals surface area contributed by atoms with Gasteiger partial charge in [-0.25, -0.2) is 21.6 Å². The molecule has 1 aliphatic heterocycles. The summed E-state index contributed by atoms with van der Waals surface area (Å²) < 4.78 is 67.2. The van der Waals surface area contributed by atoms with Crippen molar-refractivity contribution >= 4 is 21.6 Å². The molecule has 1 fully saturated rings. The van der Waals surface area contributed by atoms with Crippen LogP contribution in [0.1, 0.15) is 37.6 Å². The number of piperazine rings is 1. The minimum absolute atomic E-state index is 0. The zero-order chi connectivity index (χ0) is 23.5. The second-order valence-electron chi connectivity index (χ2n) is 7.93. The lowest BCUT2D eigenvalue weighted by atomic mass is 10.1. The number of anilines is 1. The Hall–Kier alpha value is -2.59. The van der Waals surface area contributed by atoms with Crippen molar-refractivity contribution in [3.8, 4) is 0 Å². The van der Waals surface area contributed by atoms with E-state index in [1.807, 2.05) is 11.8 Å². The molecule has 0 saturated carbocycles. The minimum Gasteiger partial charge on any atom is -0.333 e. The molecule has 0 spiro atoms. The van der Waals surface area contributed by atoms with E-state index >= 15 is 0 Å². The van der Waals surface area contributed by atoms with Gasteiger partial charge in [0.2, 0.25) is 10.0 Å². The van der Waals surface area contributed by atoms with Crippen molar-refractivity contribution in [3.63, 3.8) is 0 Å². The molecule has 10 heteroatoms. The molecular formula is C22H28F3N3O3S. The second kappa shape index (κ2) is 9.91. The topological polar surface area (TPSA) is 69.7 Å². The van der Waals surface area contributed by atoms with Gasteiger partial charge in [-0.3, -0.25) is 14.4 Å². The summed E-state index contributed by atoms with van der Waals surface area (Å²) in [6.07, 6.45) is 0.496. The van der Waals surface area contributed by atoms with Crippen molar-refractivity contribution in [1.82, 2.24) is 9.80 Å². The smallest absolute Gasteiger partial charge is 0.254 e. The van der Waals surface area contributed by atoms with Gasteiger partial charge >= 0.3 is 0 Å². The SMILES string of the molecule is CCCS(=O)(=O)Nc1ccc(C(=O)N2CCN(Cc3c(F)cc(F)cc3F)C[C@@H]2C)cc1.[HH]. The highest BCUT2D eigenvalue weighted by Gasteiger charge is 2.29. The van der Waals surface area contributed by atoms with E-state index < -0.39 is 27.5 Å². The monoisotopic (exact) mass is 471 g/mol. The Morgan fingerprint density at radius 1 is 1.12 bits per heavy atom. The molecule has 1 heterocycles. The third kappa shape index (κ3) is 5.80. The molecule has 1 saturated heterocycles. The average Bonchev–Trinajstić information content (AvgIpc) is 2.70. The summed E-state index contributed by atoms with van der Waals surface area (Å²) in [4.78, 5) is 16.4. The van der Waals surface area contributed by atoms with Gasteiger partial charge in [0.25, 0.3) is 5.91 Å². The Bertz CT molecular complexity index is 1060. The van der Waals surface area contributed by atoms with Crippen LogP contribution in [0.3, 0.4) is 0 Å². The summed E-state index contributed by atoms with van der Waals surface area (Å²) in [6.45, 7) is 4.76. The molecule has 0 aliphatic carbocycles. The largest absolute Gasteiger partial charge is 0.333 e. The van der Waals surface area contributed by atoms with Crippen LogP contribution in [0.2, 0.25) is 0 Å². The van der Waals surface area contributed by atoms with Crippen LogP contribution >= 0.6 is 0 Å². The van der Waals surface area contributed by atoms with Gasteiger partial charge in [-0.05, 0) is 37.6 Å². The standard InChI is InChI=1S/C22H26F3N3O3S.H2/c1-3-10-32(30,31)26-18-6-4-16(5-7-18)22(29)28-9-8-27(13-15(28)2)14-19-20(24)11-17(23)12-21(19)25;/h4-7,11-12,15,26H,3,8-10,13-14H2,1-2H3;1H/t15-;/m0./s1. The number of hydrogen-bond donors (Lipinski definition) is 1. The number of hydrogen-bond acceptors (Lipinski definition) is 4. The fraction of sp³-hybridized carbons (Fsp3) is 0.409. The summed E-state index contributed by atoms with van der Waals surface area (Å²) in [7, 11) is -3.41. The van der Waals surface area contributed by atoms with Gasteiger partial charge in [-0.1, -0.05) is 6.92 Å². The molecule has 3 rings (SSSR count). The number of halogens is 3. The number of rotatable bonds is 7. The minimum atomic E-state index is -3.41. The van der Waals surface area contributed by atoms with Crippen molar-refractivity contribution in [2.45, 2.75) is 32.9 Å². The number of carbonyl (C=O) groups is 1. The summed E-state index contributed by atoms with van der Waals surface area (Å²) in [5.41, 5.74) is 0.607. The Labute approximate surface area is 187 Å². The van der Waals surface area contributed by atoms with Gasteiger partial charge in [0.15, 0.2) is 0 Å². The highest BCUT2D eigenvalue weighted by atomic mass is 32.2. The highest BCUT2D eigenvalue weighted by molar-refractivity contribution is 7.92. The number of sulfonamides is 1. The molecule has 1 aliphatic rings. The lowest BCUT2D eigenvalue weighted by Crippen LogP contribution is -2.53. The third-order valence-corrected chi connectivity index (χ3v) is 6.83. The van der Waals surface area contributed by atoms with Crippen LogP contribution in [0.5, 0.6) is 0 Å². The molecule has 2 aromatic carbocycles.